The van der Waals surface area contributed by atoms with Gasteiger partial charge in [-0.05, 0) is 30.3 Å². The molecule has 1 aliphatic rings. The van der Waals surface area contributed by atoms with Crippen LogP contribution in [0.5, 0.6) is 5.75 Å². The van der Waals surface area contributed by atoms with Gasteiger partial charge < -0.3 is 25.2 Å². The molecule has 2 heterocycles. The Kier molecular flexibility index (Phi) is 5.19. The topological polar surface area (TPSA) is 128 Å². The number of aliphatic hydroxyl groups is 1. The van der Waals surface area contributed by atoms with Crippen molar-refractivity contribution in [2.75, 3.05) is 32.8 Å². The van der Waals surface area contributed by atoms with E-state index in [9.17, 15) is 19.8 Å². The van der Waals surface area contributed by atoms with E-state index in [0.29, 0.717) is 12.1 Å². The fraction of sp³-hybridized carbons (Fsp3) is 0.353. The van der Waals surface area contributed by atoms with E-state index in [2.05, 4.69) is 15.5 Å². The van der Waals surface area contributed by atoms with Gasteiger partial charge in [-0.1, -0.05) is 0 Å². The van der Waals surface area contributed by atoms with Gasteiger partial charge in [-0.2, -0.15) is 5.10 Å². The van der Waals surface area contributed by atoms with Crippen LogP contribution in [0.3, 0.4) is 0 Å². The van der Waals surface area contributed by atoms with E-state index < -0.39 is 11.5 Å². The maximum absolute atomic E-state index is 12.7. The number of phenolic OH excluding ortho intramolecular Hbond substituents is 1. The van der Waals surface area contributed by atoms with E-state index in [1.165, 1.54) is 41.4 Å². The Hall–Kier alpha value is -2.91. The van der Waals surface area contributed by atoms with Gasteiger partial charge in [-0.3, -0.25) is 14.7 Å². The molecule has 3 rings (SSSR count). The van der Waals surface area contributed by atoms with Crippen LogP contribution in [0.1, 0.15) is 20.8 Å². The third kappa shape index (κ3) is 4.19. The average Bonchev–Trinajstić information content (AvgIpc) is 3.10. The van der Waals surface area contributed by atoms with E-state index >= 15 is 0 Å². The molecule has 1 unspecified atom stereocenters. The molecule has 0 bridgehead atoms. The minimum absolute atomic E-state index is 0.00435. The zero-order valence-electron chi connectivity index (χ0n) is 14.0. The maximum atomic E-state index is 12.7. The highest BCUT2D eigenvalue weighted by Crippen LogP contribution is 2.17. The Bertz CT molecular complexity index is 762. The van der Waals surface area contributed by atoms with Gasteiger partial charge in [0, 0.05) is 18.3 Å². The summed E-state index contributed by atoms with van der Waals surface area (Å²) in [6.45, 7) is 0.521. The van der Waals surface area contributed by atoms with Gasteiger partial charge in [-0.25, -0.2) is 0 Å². The molecule has 2 aromatic rings. The van der Waals surface area contributed by atoms with Crippen LogP contribution in [0.4, 0.5) is 0 Å². The lowest BCUT2D eigenvalue weighted by molar-refractivity contribution is -0.0324. The maximum Gasteiger partial charge on any atom is 0.269 e. The van der Waals surface area contributed by atoms with Crippen molar-refractivity contribution in [2.45, 2.75) is 5.60 Å². The first-order valence-electron chi connectivity index (χ1n) is 8.13. The third-order valence-corrected chi connectivity index (χ3v) is 4.09. The summed E-state index contributed by atoms with van der Waals surface area (Å²) in [7, 11) is 0. The van der Waals surface area contributed by atoms with Crippen LogP contribution in [0.15, 0.2) is 36.5 Å². The standard InChI is InChI=1S/C17H20N4O5/c22-13-3-1-12(2-4-13)16(24)21-7-8-26-11-17(25,10-21)9-18-15(23)14-5-6-19-20-14/h1-6,22,25H,7-11H2,(H,18,23)(H,19,20). The van der Waals surface area contributed by atoms with Crippen LogP contribution in [0.2, 0.25) is 0 Å². The quantitative estimate of drug-likeness (QED) is 0.595. The van der Waals surface area contributed by atoms with Crippen molar-refractivity contribution in [3.63, 3.8) is 0 Å². The smallest absolute Gasteiger partial charge is 0.269 e. The van der Waals surface area contributed by atoms with Crippen LogP contribution >= 0.6 is 0 Å². The van der Waals surface area contributed by atoms with Gasteiger partial charge in [0.1, 0.15) is 17.0 Å². The number of phenols is 1. The molecule has 0 saturated carbocycles. The van der Waals surface area contributed by atoms with Gasteiger partial charge >= 0.3 is 0 Å². The molecule has 2 amide bonds. The fourth-order valence-electron chi connectivity index (χ4n) is 2.71. The van der Waals surface area contributed by atoms with Crippen LogP contribution in [0, 0.1) is 0 Å². The number of H-pyrrole nitrogens is 1. The van der Waals surface area contributed by atoms with Crippen molar-refractivity contribution < 1.29 is 24.5 Å². The van der Waals surface area contributed by atoms with E-state index in [1.807, 2.05) is 0 Å². The lowest BCUT2D eigenvalue weighted by Crippen LogP contribution is -2.53. The Balaban J connectivity index is 1.66. The molecule has 1 atom stereocenters. The lowest BCUT2D eigenvalue weighted by atomic mass is 10.0. The molecular weight excluding hydrogens is 340 g/mol. The molecule has 1 saturated heterocycles. The SMILES string of the molecule is O=C(NCC1(O)COCCN(C(=O)c2ccc(O)cc2)C1)c1ccn[nH]1. The molecule has 9 nitrogen and oxygen atoms in total. The number of hydrogen-bond acceptors (Lipinski definition) is 6. The second-order valence-corrected chi connectivity index (χ2v) is 6.20. The first-order valence-corrected chi connectivity index (χ1v) is 8.13. The minimum Gasteiger partial charge on any atom is -0.508 e. The second-order valence-electron chi connectivity index (χ2n) is 6.20. The summed E-state index contributed by atoms with van der Waals surface area (Å²) in [4.78, 5) is 26.1. The zero-order chi connectivity index (χ0) is 18.6. The molecule has 1 fully saturated rings. The predicted octanol–water partition coefficient (Wildman–Crippen LogP) is -0.251. The highest BCUT2D eigenvalue weighted by Gasteiger charge is 2.35. The zero-order valence-corrected chi connectivity index (χ0v) is 14.0. The normalized spacial score (nSPS) is 20.4. The molecule has 0 aliphatic carbocycles. The number of rotatable bonds is 4. The highest BCUT2D eigenvalue weighted by atomic mass is 16.5. The second kappa shape index (κ2) is 7.54. The summed E-state index contributed by atoms with van der Waals surface area (Å²) in [5.41, 5.74) is -0.743. The van der Waals surface area contributed by atoms with E-state index in [-0.39, 0.29) is 43.7 Å². The van der Waals surface area contributed by atoms with Gasteiger partial charge in [0.05, 0.1) is 26.3 Å². The molecule has 1 aromatic heterocycles. The first kappa shape index (κ1) is 17.9. The van der Waals surface area contributed by atoms with Crippen LogP contribution < -0.4 is 5.32 Å². The van der Waals surface area contributed by atoms with E-state index in [1.54, 1.807) is 0 Å². The number of ether oxygens (including phenoxy) is 1. The highest BCUT2D eigenvalue weighted by molar-refractivity contribution is 5.94. The van der Waals surface area contributed by atoms with E-state index in [4.69, 9.17) is 4.74 Å². The summed E-state index contributed by atoms with van der Waals surface area (Å²) < 4.78 is 5.41. The average molecular weight is 360 g/mol. The number of benzene rings is 1. The van der Waals surface area contributed by atoms with Crippen molar-refractivity contribution in [1.82, 2.24) is 20.4 Å². The molecule has 1 aromatic carbocycles. The van der Waals surface area contributed by atoms with Gasteiger partial charge in [0.2, 0.25) is 0 Å². The molecule has 138 valence electrons. The number of nitrogens with zero attached hydrogens (tertiary/aromatic N) is 2. The monoisotopic (exact) mass is 360 g/mol. The summed E-state index contributed by atoms with van der Waals surface area (Å²) in [6, 6.07) is 7.41. The van der Waals surface area contributed by atoms with Gasteiger partial charge in [-0.15, -0.1) is 0 Å². The van der Waals surface area contributed by atoms with Crippen LogP contribution in [-0.2, 0) is 4.74 Å². The molecule has 0 radical (unpaired) electrons. The fourth-order valence-corrected chi connectivity index (χ4v) is 2.71. The largest absolute Gasteiger partial charge is 0.508 e. The Labute approximate surface area is 149 Å². The third-order valence-electron chi connectivity index (χ3n) is 4.09. The molecule has 4 N–H and O–H groups in total. The number of carbonyl (C=O) groups is 2. The number of amides is 2. The van der Waals surface area contributed by atoms with Crippen molar-refractivity contribution in [3.8, 4) is 5.75 Å². The summed E-state index contributed by atoms with van der Waals surface area (Å²) in [5, 5.41) is 29.0. The van der Waals surface area contributed by atoms with Crippen LogP contribution in [-0.4, -0.2) is 75.6 Å². The minimum atomic E-state index is -1.42. The van der Waals surface area contributed by atoms with Crippen LogP contribution in [0.25, 0.3) is 0 Å². The number of β-amino-alcohol motifs (C(OH)–C–C–N with tert-alkyl or cyclic N) is 1. The van der Waals surface area contributed by atoms with Crippen molar-refractivity contribution >= 4 is 11.8 Å². The number of carbonyl (C=O) groups excluding carboxylic acids is 2. The number of aromatic hydroxyl groups is 1. The number of nitrogens with one attached hydrogen (secondary N) is 2. The summed E-state index contributed by atoms with van der Waals surface area (Å²) in [5.74, 6) is -0.621. The number of aromatic nitrogens is 2. The Morgan fingerprint density at radius 1 is 1.31 bits per heavy atom. The van der Waals surface area contributed by atoms with Crippen molar-refractivity contribution in [1.29, 1.82) is 0 Å². The molecule has 0 spiro atoms. The van der Waals surface area contributed by atoms with Crippen molar-refractivity contribution in [2.24, 2.45) is 0 Å². The van der Waals surface area contributed by atoms with E-state index in [0.717, 1.165) is 0 Å². The lowest BCUT2D eigenvalue weighted by Gasteiger charge is -2.31. The Morgan fingerprint density at radius 3 is 2.77 bits per heavy atom. The van der Waals surface area contributed by atoms with Gasteiger partial charge in [0.25, 0.3) is 11.8 Å². The number of hydrogen-bond donors (Lipinski definition) is 4. The molecule has 26 heavy (non-hydrogen) atoms. The summed E-state index contributed by atoms with van der Waals surface area (Å²) >= 11 is 0. The molecule has 1 aliphatic heterocycles. The first-order chi connectivity index (χ1) is 12.5. The number of aromatic amines is 1. The Morgan fingerprint density at radius 2 is 2.08 bits per heavy atom. The van der Waals surface area contributed by atoms with Gasteiger partial charge in [0.15, 0.2) is 0 Å². The van der Waals surface area contributed by atoms with Crippen molar-refractivity contribution in [3.05, 3.63) is 47.8 Å². The molecule has 9 heteroatoms. The molecular formula is C17H20N4O5. The predicted molar refractivity (Wildman–Crippen MR) is 90.7 cm³/mol. The summed E-state index contributed by atoms with van der Waals surface area (Å²) in [6.07, 6.45) is 1.45.